The fourth-order valence-corrected chi connectivity index (χ4v) is 3.21. The van der Waals surface area contributed by atoms with Gasteiger partial charge in [0, 0.05) is 16.3 Å². The zero-order valence-electron chi connectivity index (χ0n) is 11.6. The van der Waals surface area contributed by atoms with Gasteiger partial charge in [0.25, 0.3) is 10.0 Å². The molecule has 0 unspecified atom stereocenters. The highest BCUT2D eigenvalue weighted by atomic mass is 35.5. The normalized spacial score (nSPS) is 11.2. The topological polar surface area (TPSA) is 63.2 Å². The minimum atomic E-state index is -3.68. The number of hydrogen-bond donors (Lipinski definition) is 1. The second-order valence-corrected chi connectivity index (χ2v) is 6.82. The molecule has 4 nitrogen and oxygen atoms in total. The average molecular weight is 324 g/mol. The Morgan fingerprint density at radius 2 is 1.57 bits per heavy atom. The maximum atomic E-state index is 12.3. The smallest absolute Gasteiger partial charge is 0.261 e. The zero-order valence-corrected chi connectivity index (χ0v) is 13.1. The summed E-state index contributed by atoms with van der Waals surface area (Å²) in [6.07, 6.45) is 0.766. The van der Waals surface area contributed by atoms with Crippen molar-refractivity contribution in [1.82, 2.24) is 0 Å². The maximum absolute atomic E-state index is 12.3. The van der Waals surface area contributed by atoms with Crippen LogP contribution in [0.25, 0.3) is 0 Å². The summed E-state index contributed by atoms with van der Waals surface area (Å²) in [4.78, 5) is 11.1. The molecule has 0 aliphatic rings. The Balaban J connectivity index is 2.37. The number of anilines is 1. The van der Waals surface area contributed by atoms with Gasteiger partial charge >= 0.3 is 0 Å². The van der Waals surface area contributed by atoms with Crippen LogP contribution in [-0.2, 0) is 10.0 Å². The predicted molar refractivity (Wildman–Crippen MR) is 83.6 cm³/mol. The molecule has 2 aromatic carbocycles. The minimum absolute atomic E-state index is 0.127. The van der Waals surface area contributed by atoms with Gasteiger partial charge in [0.05, 0.1) is 4.90 Å². The number of rotatable bonds is 4. The predicted octanol–water partition coefficient (Wildman–Crippen LogP) is 3.57. The van der Waals surface area contributed by atoms with Gasteiger partial charge in [-0.25, -0.2) is 8.42 Å². The van der Waals surface area contributed by atoms with Crippen molar-refractivity contribution < 1.29 is 13.2 Å². The fraction of sp³-hybridized carbons (Fsp3) is 0.133. The van der Waals surface area contributed by atoms with Crippen LogP contribution in [0.5, 0.6) is 0 Å². The molecule has 0 amide bonds. The van der Waals surface area contributed by atoms with E-state index in [1.165, 1.54) is 24.3 Å². The number of benzene rings is 2. The van der Waals surface area contributed by atoms with E-state index in [-0.39, 0.29) is 4.90 Å². The number of carbonyl (C=O) groups is 1. The molecule has 0 aliphatic carbocycles. The first-order valence-corrected chi connectivity index (χ1v) is 8.04. The van der Waals surface area contributed by atoms with Gasteiger partial charge in [-0.2, -0.15) is 0 Å². The van der Waals surface area contributed by atoms with Crippen molar-refractivity contribution >= 4 is 33.6 Å². The minimum Gasteiger partial charge on any atom is -0.298 e. The zero-order chi connectivity index (χ0) is 15.6. The summed E-state index contributed by atoms with van der Waals surface area (Å²) in [5.74, 6) is 0. The lowest BCUT2D eigenvalue weighted by Crippen LogP contribution is -2.13. The third kappa shape index (κ3) is 3.43. The Kier molecular flexibility index (Phi) is 4.34. The van der Waals surface area contributed by atoms with Crippen molar-refractivity contribution in [2.45, 2.75) is 18.7 Å². The summed E-state index contributed by atoms with van der Waals surface area (Å²) in [7, 11) is -3.68. The molecule has 2 rings (SSSR count). The first-order chi connectivity index (χ1) is 9.83. The highest BCUT2D eigenvalue weighted by Gasteiger charge is 2.15. The van der Waals surface area contributed by atoms with Crippen molar-refractivity contribution in [2.24, 2.45) is 0 Å². The molecule has 0 heterocycles. The molecule has 2 aromatic rings. The molecule has 21 heavy (non-hydrogen) atoms. The van der Waals surface area contributed by atoms with E-state index in [4.69, 9.17) is 11.6 Å². The molecule has 0 spiro atoms. The number of carbonyl (C=O) groups excluding carboxylic acids is 1. The molecule has 0 radical (unpaired) electrons. The van der Waals surface area contributed by atoms with E-state index in [0.29, 0.717) is 16.3 Å². The number of nitrogens with one attached hydrogen (secondary N) is 1. The van der Waals surface area contributed by atoms with Crippen LogP contribution in [0.15, 0.2) is 41.3 Å². The van der Waals surface area contributed by atoms with E-state index in [0.717, 1.165) is 17.4 Å². The van der Waals surface area contributed by atoms with E-state index < -0.39 is 10.0 Å². The summed E-state index contributed by atoms with van der Waals surface area (Å²) in [5.41, 5.74) is 2.44. The maximum Gasteiger partial charge on any atom is 0.261 e. The lowest BCUT2D eigenvalue weighted by Gasteiger charge is -2.11. The second-order valence-electron chi connectivity index (χ2n) is 4.70. The Morgan fingerprint density at radius 3 is 2.05 bits per heavy atom. The molecule has 0 saturated carbocycles. The Bertz CT molecular complexity index is 760. The van der Waals surface area contributed by atoms with Crippen LogP contribution >= 0.6 is 11.6 Å². The molecule has 0 bridgehead atoms. The van der Waals surface area contributed by atoms with E-state index in [1.54, 1.807) is 26.0 Å². The average Bonchev–Trinajstić information content (AvgIpc) is 2.38. The monoisotopic (exact) mass is 323 g/mol. The molecule has 0 atom stereocenters. The van der Waals surface area contributed by atoms with E-state index in [2.05, 4.69) is 4.72 Å². The SMILES string of the molecule is Cc1cc(NS(=O)(=O)c2ccc(Cl)cc2)cc(C)c1C=O. The van der Waals surface area contributed by atoms with Crippen LogP contribution in [0.3, 0.4) is 0 Å². The first kappa shape index (κ1) is 15.5. The largest absolute Gasteiger partial charge is 0.298 e. The molecule has 0 aromatic heterocycles. The van der Waals surface area contributed by atoms with Gasteiger partial charge in [-0.05, 0) is 61.4 Å². The summed E-state index contributed by atoms with van der Waals surface area (Å²) in [6.45, 7) is 3.52. The standard InChI is InChI=1S/C15H14ClNO3S/c1-10-7-13(8-11(2)15(10)9-18)17-21(19,20)14-5-3-12(16)4-6-14/h3-9,17H,1-2H3. The highest BCUT2D eigenvalue weighted by molar-refractivity contribution is 7.92. The summed E-state index contributed by atoms with van der Waals surface area (Å²) >= 11 is 5.75. The van der Waals surface area contributed by atoms with Crippen molar-refractivity contribution in [3.63, 3.8) is 0 Å². The van der Waals surface area contributed by atoms with Crippen LogP contribution < -0.4 is 4.72 Å². The number of aldehydes is 1. The summed E-state index contributed by atoms with van der Waals surface area (Å²) < 4.78 is 27.0. The number of sulfonamides is 1. The Labute approximate surface area is 128 Å². The van der Waals surface area contributed by atoms with Crippen LogP contribution in [0, 0.1) is 13.8 Å². The first-order valence-electron chi connectivity index (χ1n) is 6.18. The lowest BCUT2D eigenvalue weighted by molar-refractivity contribution is 0.112. The van der Waals surface area contributed by atoms with Gasteiger partial charge in [-0.15, -0.1) is 0 Å². The van der Waals surface area contributed by atoms with Gasteiger partial charge < -0.3 is 0 Å². The Morgan fingerprint density at radius 1 is 1.05 bits per heavy atom. The van der Waals surface area contributed by atoms with Crippen molar-refractivity contribution in [3.05, 3.63) is 58.1 Å². The van der Waals surface area contributed by atoms with Crippen molar-refractivity contribution in [2.75, 3.05) is 4.72 Å². The summed E-state index contributed by atoms with van der Waals surface area (Å²) in [5, 5.41) is 0.468. The van der Waals surface area contributed by atoms with Crippen LogP contribution in [-0.4, -0.2) is 14.7 Å². The molecule has 0 saturated heterocycles. The Hall–Kier alpha value is -1.85. The lowest BCUT2D eigenvalue weighted by atomic mass is 10.0. The summed E-state index contributed by atoms with van der Waals surface area (Å²) in [6, 6.07) is 9.16. The van der Waals surface area contributed by atoms with Crippen LogP contribution in [0.1, 0.15) is 21.5 Å². The third-order valence-electron chi connectivity index (χ3n) is 3.09. The van der Waals surface area contributed by atoms with Gasteiger partial charge in [-0.3, -0.25) is 9.52 Å². The van der Waals surface area contributed by atoms with Gasteiger partial charge in [0.1, 0.15) is 0 Å². The second kappa shape index (κ2) is 5.87. The molecule has 110 valence electrons. The van der Waals surface area contributed by atoms with Gasteiger partial charge in [-0.1, -0.05) is 11.6 Å². The molecule has 1 N–H and O–H groups in total. The third-order valence-corrected chi connectivity index (χ3v) is 4.74. The van der Waals surface area contributed by atoms with E-state index in [1.807, 2.05) is 0 Å². The number of hydrogen-bond acceptors (Lipinski definition) is 3. The highest BCUT2D eigenvalue weighted by Crippen LogP contribution is 2.22. The molecular formula is C15H14ClNO3S. The number of aryl methyl sites for hydroxylation is 2. The van der Waals surface area contributed by atoms with Crippen LogP contribution in [0.4, 0.5) is 5.69 Å². The van der Waals surface area contributed by atoms with E-state index in [9.17, 15) is 13.2 Å². The molecular weight excluding hydrogens is 310 g/mol. The fourth-order valence-electron chi connectivity index (χ4n) is 2.05. The van der Waals surface area contributed by atoms with E-state index >= 15 is 0 Å². The molecule has 0 aliphatic heterocycles. The number of halogens is 1. The quantitative estimate of drug-likeness (QED) is 0.875. The van der Waals surface area contributed by atoms with Gasteiger partial charge in [0.15, 0.2) is 6.29 Å². The molecule has 6 heteroatoms. The van der Waals surface area contributed by atoms with Gasteiger partial charge in [0.2, 0.25) is 0 Å². The van der Waals surface area contributed by atoms with Crippen LogP contribution in [0.2, 0.25) is 5.02 Å². The van der Waals surface area contributed by atoms with Crippen molar-refractivity contribution in [3.8, 4) is 0 Å². The van der Waals surface area contributed by atoms with Crippen molar-refractivity contribution in [1.29, 1.82) is 0 Å². The molecule has 0 fully saturated rings.